The number of hydrogen-bond acceptors (Lipinski definition) is 2. The number of aromatic nitrogens is 4. The largest absolute Gasteiger partial charge is 0.455 e. The lowest BCUT2D eigenvalue weighted by Gasteiger charge is -2.11. The molecule has 6 heteroatoms. The molecule has 0 aliphatic carbocycles. The number of aryl methyl sites for hydroxylation is 2. The Morgan fingerprint density at radius 1 is 0.198 bits per heavy atom. The summed E-state index contributed by atoms with van der Waals surface area (Å²) in [5.74, 6) is 0. The maximum absolute atomic E-state index is 6.49. The van der Waals surface area contributed by atoms with Crippen molar-refractivity contribution in [1.29, 1.82) is 0 Å². The monoisotopic (exact) mass is 1500 g/mol. The van der Waals surface area contributed by atoms with Gasteiger partial charge in [0, 0.05) is 102 Å². The second-order valence-electron chi connectivity index (χ2n) is 30.8. The van der Waals surface area contributed by atoms with Gasteiger partial charge in [-0.1, -0.05) is 255 Å². The lowest BCUT2D eigenvalue weighted by atomic mass is 9.95. The fraction of sp³-hybridized carbons (Fsp3) is 0.0182. The molecule has 6 heterocycles. The molecular formula is C110H72N4OS. The van der Waals surface area contributed by atoms with Crippen molar-refractivity contribution in [3.8, 4) is 89.5 Å². The molecule has 24 rings (SSSR count). The lowest BCUT2D eigenvalue weighted by molar-refractivity contribution is 0.670. The summed E-state index contributed by atoms with van der Waals surface area (Å²) in [4.78, 5) is 0. The molecule has 0 spiro atoms. The van der Waals surface area contributed by atoms with Gasteiger partial charge in [0.25, 0.3) is 0 Å². The minimum Gasteiger partial charge on any atom is -0.455 e. The SMILES string of the molecule is Cc1cc(-c2ccc3c(c2)c2ccccc2n3-c2ccccc2)cc(-c2ccc3c(c2)c2ccc(-c4cccc5c4oc4ccccc45)cc2n3-c2ccccc2)c1.Cc1cc(-c2ccc3c(c2)c2ccccc2n3-c2ccccc2)cc(-c2ccc3c(c2)c2ccc(-c4cccc5c4sc4ccccc45)cc2n3-c2ccccc2)c1. The van der Waals surface area contributed by atoms with Crippen molar-refractivity contribution in [2.75, 3.05) is 0 Å². The molecule has 0 saturated carbocycles. The molecule has 0 aliphatic rings. The van der Waals surface area contributed by atoms with E-state index in [1.165, 1.54) is 180 Å². The van der Waals surface area contributed by atoms with Crippen LogP contribution in [0, 0.1) is 13.8 Å². The fourth-order valence-corrected chi connectivity index (χ4v) is 19.9. The van der Waals surface area contributed by atoms with E-state index in [1.54, 1.807) is 0 Å². The zero-order chi connectivity index (χ0) is 76.6. The summed E-state index contributed by atoms with van der Waals surface area (Å²) < 4.78 is 18.7. The summed E-state index contributed by atoms with van der Waals surface area (Å²) in [6.07, 6.45) is 0. The van der Waals surface area contributed by atoms with Crippen LogP contribution in [0.15, 0.2) is 405 Å². The zero-order valence-electron chi connectivity index (χ0n) is 63.7. The van der Waals surface area contributed by atoms with Gasteiger partial charge in [-0.3, -0.25) is 0 Å². The van der Waals surface area contributed by atoms with E-state index in [-0.39, 0.29) is 0 Å². The third-order valence-electron chi connectivity index (χ3n) is 23.9. The van der Waals surface area contributed by atoms with Crippen LogP contribution in [0.25, 0.3) is 219 Å². The van der Waals surface area contributed by atoms with E-state index >= 15 is 0 Å². The molecule has 0 bridgehead atoms. The predicted molar refractivity (Wildman–Crippen MR) is 492 cm³/mol. The van der Waals surface area contributed by atoms with Crippen LogP contribution in [-0.2, 0) is 0 Å². The lowest BCUT2D eigenvalue weighted by Crippen LogP contribution is -1.93. The van der Waals surface area contributed by atoms with Crippen LogP contribution in [0.1, 0.15) is 11.1 Å². The van der Waals surface area contributed by atoms with E-state index in [1.807, 2.05) is 17.4 Å². The quantitative estimate of drug-likeness (QED) is 0.134. The minimum atomic E-state index is 0.910. The Balaban J connectivity index is 0.000000137. The van der Waals surface area contributed by atoms with Gasteiger partial charge in [-0.05, 0) is 232 Å². The number of furan rings is 1. The Labute approximate surface area is 673 Å². The van der Waals surface area contributed by atoms with Crippen molar-refractivity contribution >= 4 is 141 Å². The molecule has 5 nitrogen and oxygen atoms in total. The summed E-state index contributed by atoms with van der Waals surface area (Å²) in [6.45, 7) is 4.42. The number of hydrogen-bond donors (Lipinski definition) is 0. The average molecular weight is 1500 g/mol. The highest BCUT2D eigenvalue weighted by atomic mass is 32.1. The number of thiophene rings is 1. The smallest absolute Gasteiger partial charge is 0.143 e. The van der Waals surface area contributed by atoms with Crippen molar-refractivity contribution in [3.63, 3.8) is 0 Å². The first-order valence-electron chi connectivity index (χ1n) is 39.8. The first-order chi connectivity index (χ1) is 57.3. The number of nitrogens with zero attached hydrogens (tertiary/aromatic N) is 4. The van der Waals surface area contributed by atoms with Crippen LogP contribution in [0.4, 0.5) is 0 Å². The molecule has 0 saturated heterocycles. The van der Waals surface area contributed by atoms with E-state index in [9.17, 15) is 0 Å². The average Bonchev–Trinajstić information content (AvgIpc) is 1.58. The Bertz CT molecular complexity index is 7610. The fourth-order valence-electron chi connectivity index (χ4n) is 18.6. The Kier molecular flexibility index (Phi) is 15.6. The van der Waals surface area contributed by atoms with Crippen molar-refractivity contribution in [2.24, 2.45) is 0 Å². The standard InChI is InChI=1S/C55H36N2O.C55H36N2S/c2*1-35-29-39(36-24-27-51-48(32-36)44-17-8-10-21-50(44)56(51)41-13-4-2-5-14-41)31-40(30-35)37-25-28-52-49(33-37)45-26-23-38(34-53(45)57(52)42-15-6-3-7-16-42)43-19-12-20-47-46-18-9-11-22-54(46)58-55(43)47/h2*2-34H,1H3. The molecule has 0 atom stereocenters. The summed E-state index contributed by atoms with van der Waals surface area (Å²) in [5.41, 5.74) is 33.0. The molecule has 18 aromatic carbocycles. The summed E-state index contributed by atoms with van der Waals surface area (Å²) in [5, 5.41) is 14.9. The summed E-state index contributed by atoms with van der Waals surface area (Å²) in [7, 11) is 0. The normalized spacial score (nSPS) is 11.9. The first-order valence-corrected chi connectivity index (χ1v) is 40.6. The van der Waals surface area contributed by atoms with Gasteiger partial charge in [0.15, 0.2) is 0 Å². The van der Waals surface area contributed by atoms with Crippen molar-refractivity contribution in [3.05, 3.63) is 412 Å². The molecule has 0 aliphatic heterocycles. The van der Waals surface area contributed by atoms with Crippen LogP contribution in [0.5, 0.6) is 0 Å². The van der Waals surface area contributed by atoms with E-state index in [4.69, 9.17) is 4.42 Å². The molecule has 0 amide bonds. The van der Waals surface area contributed by atoms with Crippen LogP contribution in [0.2, 0.25) is 0 Å². The molecule has 544 valence electrons. The number of fused-ring (bicyclic) bond motifs is 18. The second kappa shape index (κ2) is 27.0. The van der Waals surface area contributed by atoms with Gasteiger partial charge in [0.05, 0.1) is 44.1 Å². The molecular weight excluding hydrogens is 1430 g/mol. The molecule has 0 radical (unpaired) electrons. The van der Waals surface area contributed by atoms with Crippen molar-refractivity contribution in [2.45, 2.75) is 13.8 Å². The maximum Gasteiger partial charge on any atom is 0.143 e. The zero-order valence-corrected chi connectivity index (χ0v) is 64.5. The summed E-state index contributed by atoms with van der Waals surface area (Å²) >= 11 is 1.89. The molecule has 0 unspecified atom stereocenters. The highest BCUT2D eigenvalue weighted by Gasteiger charge is 2.23. The van der Waals surface area contributed by atoms with E-state index in [0.717, 1.165) is 50.0 Å². The van der Waals surface area contributed by atoms with Gasteiger partial charge in [-0.25, -0.2) is 0 Å². The van der Waals surface area contributed by atoms with E-state index in [2.05, 4.69) is 426 Å². The predicted octanol–water partition coefficient (Wildman–Crippen LogP) is 30.6. The van der Waals surface area contributed by atoms with Gasteiger partial charge in [0.1, 0.15) is 11.2 Å². The van der Waals surface area contributed by atoms with Crippen LogP contribution in [0.3, 0.4) is 0 Å². The minimum absolute atomic E-state index is 0.910. The third-order valence-corrected chi connectivity index (χ3v) is 25.1. The Hall–Kier alpha value is -14.8. The summed E-state index contributed by atoms with van der Waals surface area (Å²) in [6, 6.07) is 146. The number of benzene rings is 18. The van der Waals surface area contributed by atoms with Gasteiger partial charge in [-0.15, -0.1) is 11.3 Å². The molecule has 6 aromatic heterocycles. The first kappa shape index (κ1) is 66.9. The molecule has 116 heavy (non-hydrogen) atoms. The van der Waals surface area contributed by atoms with Crippen LogP contribution >= 0.6 is 11.3 Å². The van der Waals surface area contributed by atoms with Gasteiger partial charge < -0.3 is 22.7 Å². The second-order valence-corrected chi connectivity index (χ2v) is 31.9. The Morgan fingerprint density at radius 2 is 0.526 bits per heavy atom. The van der Waals surface area contributed by atoms with Crippen molar-refractivity contribution in [1.82, 2.24) is 18.3 Å². The highest BCUT2D eigenvalue weighted by molar-refractivity contribution is 7.26. The molecule has 0 N–H and O–H groups in total. The third kappa shape index (κ3) is 11.0. The van der Waals surface area contributed by atoms with Gasteiger partial charge in [0.2, 0.25) is 0 Å². The number of rotatable bonds is 10. The maximum atomic E-state index is 6.49. The van der Waals surface area contributed by atoms with Crippen LogP contribution in [-0.4, -0.2) is 18.3 Å². The van der Waals surface area contributed by atoms with E-state index in [0.29, 0.717) is 0 Å². The topological polar surface area (TPSA) is 32.9 Å². The van der Waals surface area contributed by atoms with Crippen LogP contribution < -0.4 is 0 Å². The molecule has 24 aromatic rings. The van der Waals surface area contributed by atoms with Crippen molar-refractivity contribution < 1.29 is 4.42 Å². The van der Waals surface area contributed by atoms with E-state index < -0.39 is 0 Å². The van der Waals surface area contributed by atoms with Gasteiger partial charge in [-0.2, -0.15) is 0 Å². The number of para-hydroxylation sites is 8. The highest BCUT2D eigenvalue weighted by Crippen LogP contribution is 2.47. The Morgan fingerprint density at radius 3 is 0.974 bits per heavy atom. The van der Waals surface area contributed by atoms with Gasteiger partial charge >= 0.3 is 0 Å². The molecule has 0 fully saturated rings.